The summed E-state index contributed by atoms with van der Waals surface area (Å²) in [5, 5.41) is 17.7. The van der Waals surface area contributed by atoms with Crippen LogP contribution in [0, 0.1) is 22.7 Å². The average molecular weight is 336 g/mol. The second-order valence-electron chi connectivity index (χ2n) is 5.68. The fourth-order valence-electron chi connectivity index (χ4n) is 2.77. The molecule has 3 heteroatoms. The molecule has 3 aromatic carbocycles. The first-order valence-corrected chi connectivity index (χ1v) is 8.11. The molecule has 0 aliphatic rings. The number of ether oxygens (including phenoxy) is 1. The van der Waals surface area contributed by atoms with Crippen molar-refractivity contribution in [2.45, 2.75) is 0 Å². The lowest BCUT2D eigenvalue weighted by Gasteiger charge is -2.11. The second-order valence-corrected chi connectivity index (χ2v) is 5.68. The highest BCUT2D eigenvalue weighted by molar-refractivity contribution is 5.84. The monoisotopic (exact) mass is 336 g/mol. The number of nitriles is 2. The van der Waals surface area contributed by atoms with Gasteiger partial charge in [-0.15, -0.1) is 0 Å². The van der Waals surface area contributed by atoms with E-state index in [0.717, 1.165) is 33.6 Å². The lowest BCUT2D eigenvalue weighted by Crippen LogP contribution is -1.87. The van der Waals surface area contributed by atoms with Gasteiger partial charge in [-0.3, -0.25) is 0 Å². The molecule has 0 spiro atoms. The van der Waals surface area contributed by atoms with Gasteiger partial charge in [0.1, 0.15) is 23.5 Å². The van der Waals surface area contributed by atoms with Crippen molar-refractivity contribution in [1.82, 2.24) is 0 Å². The minimum Gasteiger partial charge on any atom is -0.497 e. The van der Waals surface area contributed by atoms with Crippen molar-refractivity contribution < 1.29 is 4.74 Å². The maximum absolute atomic E-state index is 8.87. The van der Waals surface area contributed by atoms with E-state index in [2.05, 4.69) is 12.1 Å². The van der Waals surface area contributed by atoms with E-state index in [1.807, 2.05) is 72.8 Å². The summed E-state index contributed by atoms with van der Waals surface area (Å²) in [4.78, 5) is 0. The van der Waals surface area contributed by atoms with Crippen LogP contribution in [0.4, 0.5) is 0 Å². The molecule has 0 bridgehead atoms. The number of hydrogen-bond donors (Lipinski definition) is 0. The number of nitrogens with zero attached hydrogens (tertiary/aromatic N) is 2. The van der Waals surface area contributed by atoms with Crippen molar-refractivity contribution in [1.29, 1.82) is 10.5 Å². The molecule has 0 saturated carbocycles. The average Bonchev–Trinajstić information content (AvgIpc) is 2.72. The Kier molecular flexibility index (Phi) is 5.13. The van der Waals surface area contributed by atoms with E-state index in [4.69, 9.17) is 15.3 Å². The number of allylic oxidation sites excluding steroid dienone is 1. The van der Waals surface area contributed by atoms with Crippen LogP contribution in [0.25, 0.3) is 28.3 Å². The van der Waals surface area contributed by atoms with E-state index >= 15 is 0 Å². The van der Waals surface area contributed by atoms with E-state index in [-0.39, 0.29) is 5.57 Å². The summed E-state index contributed by atoms with van der Waals surface area (Å²) in [7, 11) is 1.66. The molecule has 0 fully saturated rings. The minimum atomic E-state index is 0.0939. The molecule has 0 amide bonds. The summed E-state index contributed by atoms with van der Waals surface area (Å²) < 4.78 is 5.23. The first-order chi connectivity index (χ1) is 12.7. The van der Waals surface area contributed by atoms with Gasteiger partial charge >= 0.3 is 0 Å². The highest BCUT2D eigenvalue weighted by atomic mass is 16.5. The normalized spacial score (nSPS) is 9.65. The fraction of sp³-hybridized carbons (Fsp3) is 0.0435. The quantitative estimate of drug-likeness (QED) is 0.594. The Morgan fingerprint density at radius 1 is 0.769 bits per heavy atom. The third kappa shape index (κ3) is 3.64. The standard InChI is InChI=1S/C23H16N2O/c1-26-21-12-10-20(11-13-21)23-5-3-2-4-22(23)19-8-6-17(7-9-19)14-18(15-24)16-25/h2-14H,1H3. The topological polar surface area (TPSA) is 56.8 Å². The Morgan fingerprint density at radius 3 is 1.73 bits per heavy atom. The molecule has 3 aromatic rings. The smallest absolute Gasteiger partial charge is 0.130 e. The van der Waals surface area contributed by atoms with Gasteiger partial charge < -0.3 is 4.74 Å². The fourth-order valence-corrected chi connectivity index (χ4v) is 2.77. The summed E-state index contributed by atoms with van der Waals surface area (Å²) in [6, 6.07) is 27.8. The molecule has 0 N–H and O–H groups in total. The van der Waals surface area contributed by atoms with Gasteiger partial charge in [0.05, 0.1) is 7.11 Å². The van der Waals surface area contributed by atoms with Gasteiger partial charge in [-0.25, -0.2) is 0 Å². The summed E-state index contributed by atoms with van der Waals surface area (Å²) >= 11 is 0. The molecular formula is C23H16N2O. The van der Waals surface area contributed by atoms with Crippen LogP contribution in [-0.2, 0) is 0 Å². The lowest BCUT2D eigenvalue weighted by molar-refractivity contribution is 0.415. The molecule has 0 heterocycles. The minimum absolute atomic E-state index is 0.0939. The Bertz CT molecular complexity index is 1000. The van der Waals surface area contributed by atoms with E-state index < -0.39 is 0 Å². The molecule has 3 rings (SSSR count). The van der Waals surface area contributed by atoms with Gasteiger partial charge in [-0.05, 0) is 46.0 Å². The number of methoxy groups -OCH3 is 1. The van der Waals surface area contributed by atoms with Crippen LogP contribution in [0.5, 0.6) is 5.75 Å². The molecular weight excluding hydrogens is 320 g/mol. The summed E-state index contributed by atoms with van der Waals surface area (Å²) in [6.45, 7) is 0. The molecule has 26 heavy (non-hydrogen) atoms. The van der Waals surface area contributed by atoms with Crippen molar-refractivity contribution in [2.24, 2.45) is 0 Å². The zero-order chi connectivity index (χ0) is 18.4. The van der Waals surface area contributed by atoms with Crippen LogP contribution in [0.3, 0.4) is 0 Å². The number of hydrogen-bond acceptors (Lipinski definition) is 3. The van der Waals surface area contributed by atoms with Crippen LogP contribution < -0.4 is 4.74 Å². The Labute approximate surface area is 153 Å². The molecule has 3 nitrogen and oxygen atoms in total. The Morgan fingerprint density at radius 2 is 1.27 bits per heavy atom. The van der Waals surface area contributed by atoms with Gasteiger partial charge in [0.2, 0.25) is 0 Å². The van der Waals surface area contributed by atoms with E-state index in [9.17, 15) is 0 Å². The van der Waals surface area contributed by atoms with Crippen molar-refractivity contribution in [3.05, 3.63) is 83.9 Å². The van der Waals surface area contributed by atoms with Gasteiger partial charge in [-0.1, -0.05) is 60.7 Å². The lowest BCUT2D eigenvalue weighted by atomic mass is 9.94. The van der Waals surface area contributed by atoms with Gasteiger partial charge in [0.25, 0.3) is 0 Å². The first kappa shape index (κ1) is 17.0. The van der Waals surface area contributed by atoms with E-state index in [0.29, 0.717) is 0 Å². The SMILES string of the molecule is COc1ccc(-c2ccccc2-c2ccc(C=C(C#N)C#N)cc2)cc1. The van der Waals surface area contributed by atoms with Crippen LogP contribution in [0.1, 0.15) is 5.56 Å². The molecule has 0 aliphatic heterocycles. The Hall–Kier alpha value is -3.82. The van der Waals surface area contributed by atoms with Crippen molar-refractivity contribution in [2.75, 3.05) is 7.11 Å². The van der Waals surface area contributed by atoms with Gasteiger partial charge in [-0.2, -0.15) is 10.5 Å². The highest BCUT2D eigenvalue weighted by Gasteiger charge is 2.07. The zero-order valence-electron chi connectivity index (χ0n) is 14.3. The number of benzene rings is 3. The van der Waals surface area contributed by atoms with Crippen molar-refractivity contribution in [3.8, 4) is 40.1 Å². The van der Waals surface area contributed by atoms with Crippen LogP contribution in [0.2, 0.25) is 0 Å². The molecule has 0 aromatic heterocycles. The third-order valence-electron chi connectivity index (χ3n) is 4.10. The maximum atomic E-state index is 8.87. The van der Waals surface area contributed by atoms with Crippen molar-refractivity contribution in [3.63, 3.8) is 0 Å². The molecule has 0 unspecified atom stereocenters. The van der Waals surface area contributed by atoms with E-state index in [1.165, 1.54) is 0 Å². The van der Waals surface area contributed by atoms with Crippen LogP contribution in [-0.4, -0.2) is 7.11 Å². The summed E-state index contributed by atoms with van der Waals surface area (Å²) in [5.74, 6) is 0.827. The zero-order valence-corrected chi connectivity index (χ0v) is 14.3. The van der Waals surface area contributed by atoms with Gasteiger partial charge in [0, 0.05) is 0 Å². The maximum Gasteiger partial charge on any atom is 0.130 e. The van der Waals surface area contributed by atoms with Crippen LogP contribution in [0.15, 0.2) is 78.4 Å². The molecule has 0 saturated heterocycles. The summed E-state index contributed by atoms with van der Waals surface area (Å²) in [6.07, 6.45) is 1.58. The van der Waals surface area contributed by atoms with E-state index in [1.54, 1.807) is 13.2 Å². The largest absolute Gasteiger partial charge is 0.497 e. The molecule has 124 valence electrons. The molecule has 0 atom stereocenters. The second kappa shape index (κ2) is 7.83. The van der Waals surface area contributed by atoms with Gasteiger partial charge in [0.15, 0.2) is 0 Å². The highest BCUT2D eigenvalue weighted by Crippen LogP contribution is 2.33. The predicted molar refractivity (Wildman–Crippen MR) is 103 cm³/mol. The van der Waals surface area contributed by atoms with Crippen molar-refractivity contribution >= 4 is 6.08 Å². The Balaban J connectivity index is 1.99. The predicted octanol–water partition coefficient (Wildman–Crippen LogP) is 5.46. The first-order valence-electron chi connectivity index (χ1n) is 8.11. The third-order valence-corrected chi connectivity index (χ3v) is 4.10. The molecule has 0 aliphatic carbocycles. The van der Waals surface area contributed by atoms with Crippen LogP contribution >= 0.6 is 0 Å². The number of rotatable bonds is 4. The summed E-state index contributed by atoms with van der Waals surface area (Å²) in [5.41, 5.74) is 5.36. The molecule has 0 radical (unpaired) electrons.